The molecule has 0 atom stereocenters. The predicted molar refractivity (Wildman–Crippen MR) is 118 cm³/mol. The average Bonchev–Trinajstić information content (AvgIpc) is 3.11. The van der Waals surface area contributed by atoms with Crippen LogP contribution in [0.1, 0.15) is 45.9 Å². The van der Waals surface area contributed by atoms with Gasteiger partial charge in [0.25, 0.3) is 0 Å². The molecule has 8 nitrogen and oxygen atoms in total. The molecule has 0 unspecified atom stereocenters. The number of carbonyl (C=O) groups is 3. The van der Waals surface area contributed by atoms with Gasteiger partial charge in [-0.05, 0) is 40.2 Å². The number of esters is 1. The second-order valence-electron chi connectivity index (χ2n) is 8.31. The number of nitrogens with zero attached hydrogens (tertiary/aromatic N) is 1. The average molecular weight is 447 g/mol. The van der Waals surface area contributed by atoms with Crippen LogP contribution in [0.25, 0.3) is 5.57 Å². The highest BCUT2D eigenvalue weighted by molar-refractivity contribution is 7.14. The van der Waals surface area contributed by atoms with E-state index < -0.39 is 29.0 Å². The Kier molecular flexibility index (Phi) is 7.56. The van der Waals surface area contributed by atoms with Crippen molar-refractivity contribution in [1.82, 2.24) is 4.98 Å². The van der Waals surface area contributed by atoms with Crippen LogP contribution in [0.15, 0.2) is 41.8 Å². The maximum atomic E-state index is 12.6. The third kappa shape index (κ3) is 7.53. The molecule has 0 aliphatic heterocycles. The Bertz CT molecular complexity index is 973. The molecule has 2 rings (SSSR count). The van der Waals surface area contributed by atoms with Crippen molar-refractivity contribution >= 4 is 40.1 Å². The van der Waals surface area contributed by atoms with Crippen molar-refractivity contribution in [3.8, 4) is 0 Å². The second-order valence-corrected chi connectivity index (χ2v) is 9.17. The minimum absolute atomic E-state index is 0.0833. The molecule has 31 heavy (non-hydrogen) atoms. The number of nitrogens with one attached hydrogen (secondary N) is 1. The van der Waals surface area contributed by atoms with E-state index in [4.69, 9.17) is 9.47 Å². The SMILES string of the molecule is CC(C)(C)OC(=O)Nc1nc(/C(=C\C(C)(C)C(=O)OCc2ccccc2)C(=O)O)cs1. The van der Waals surface area contributed by atoms with Crippen LogP contribution in [-0.2, 0) is 25.7 Å². The van der Waals surface area contributed by atoms with Crippen molar-refractivity contribution < 1.29 is 29.0 Å². The lowest BCUT2D eigenvalue weighted by Crippen LogP contribution is -2.27. The topological polar surface area (TPSA) is 115 Å². The normalized spacial score (nSPS) is 12.2. The summed E-state index contributed by atoms with van der Waals surface area (Å²) >= 11 is 1.05. The van der Waals surface area contributed by atoms with E-state index in [-0.39, 0.29) is 23.0 Å². The standard InChI is InChI=1S/C22H26N2O6S/c1-21(2,3)30-20(28)24-19-23-16(13-31-19)15(17(25)26)11-22(4,5)18(27)29-12-14-9-7-6-8-10-14/h6-11,13H,12H2,1-5H3,(H,25,26)(H,23,24,28)/b15-11+. The van der Waals surface area contributed by atoms with Gasteiger partial charge in [0.1, 0.15) is 12.2 Å². The van der Waals surface area contributed by atoms with Crippen molar-refractivity contribution in [2.24, 2.45) is 5.41 Å². The highest BCUT2D eigenvalue weighted by Crippen LogP contribution is 2.29. The fourth-order valence-electron chi connectivity index (χ4n) is 2.42. The van der Waals surface area contributed by atoms with Crippen LogP contribution in [-0.4, -0.2) is 33.7 Å². The Hall–Kier alpha value is -3.20. The van der Waals surface area contributed by atoms with E-state index >= 15 is 0 Å². The number of carboxylic acids is 1. The summed E-state index contributed by atoms with van der Waals surface area (Å²) in [6.07, 6.45) is 0.605. The number of aromatic nitrogens is 1. The maximum Gasteiger partial charge on any atom is 0.413 e. The van der Waals surface area contributed by atoms with Crippen LogP contribution >= 0.6 is 11.3 Å². The van der Waals surface area contributed by atoms with Gasteiger partial charge in [-0.25, -0.2) is 14.6 Å². The van der Waals surface area contributed by atoms with Crippen LogP contribution < -0.4 is 5.32 Å². The number of carbonyl (C=O) groups excluding carboxylic acids is 2. The van der Waals surface area contributed by atoms with Gasteiger partial charge in [-0.1, -0.05) is 36.4 Å². The zero-order valence-electron chi connectivity index (χ0n) is 18.1. The van der Waals surface area contributed by atoms with Crippen molar-refractivity contribution in [3.05, 3.63) is 53.0 Å². The molecule has 0 spiro atoms. The molecule has 1 aromatic carbocycles. The third-order valence-corrected chi connectivity index (χ3v) is 4.62. The van der Waals surface area contributed by atoms with Gasteiger partial charge in [0.15, 0.2) is 5.13 Å². The Morgan fingerprint density at radius 1 is 1.13 bits per heavy atom. The molecule has 0 aliphatic rings. The Labute approximate surface area is 184 Å². The van der Waals surface area contributed by atoms with Gasteiger partial charge in [-0.15, -0.1) is 11.3 Å². The van der Waals surface area contributed by atoms with E-state index in [2.05, 4.69) is 10.3 Å². The van der Waals surface area contributed by atoms with E-state index in [1.54, 1.807) is 34.6 Å². The first-order valence-electron chi connectivity index (χ1n) is 9.50. The summed E-state index contributed by atoms with van der Waals surface area (Å²) in [6.45, 7) is 8.39. The summed E-state index contributed by atoms with van der Waals surface area (Å²) in [5.74, 6) is -1.82. The van der Waals surface area contributed by atoms with E-state index in [9.17, 15) is 19.5 Å². The third-order valence-electron chi connectivity index (χ3n) is 3.86. The molecule has 166 valence electrons. The van der Waals surface area contributed by atoms with E-state index in [0.29, 0.717) is 0 Å². The quantitative estimate of drug-likeness (QED) is 0.467. The minimum Gasteiger partial charge on any atom is -0.478 e. The van der Waals surface area contributed by atoms with Crippen molar-refractivity contribution in [1.29, 1.82) is 0 Å². The lowest BCUT2D eigenvalue weighted by atomic mass is 9.90. The zero-order valence-corrected chi connectivity index (χ0v) is 18.9. The molecule has 9 heteroatoms. The monoisotopic (exact) mass is 446 g/mol. The van der Waals surface area contributed by atoms with Gasteiger partial charge >= 0.3 is 18.0 Å². The largest absolute Gasteiger partial charge is 0.478 e. The van der Waals surface area contributed by atoms with Crippen molar-refractivity contribution in [2.45, 2.75) is 46.8 Å². The molecule has 1 aromatic heterocycles. The van der Waals surface area contributed by atoms with Gasteiger partial charge < -0.3 is 14.6 Å². The summed E-state index contributed by atoms with van der Waals surface area (Å²) in [5.41, 5.74) is -1.13. The molecule has 0 aliphatic carbocycles. The minimum atomic E-state index is -1.25. The molecule has 2 N–H and O–H groups in total. The van der Waals surface area contributed by atoms with E-state index in [0.717, 1.165) is 16.9 Å². The number of ether oxygens (including phenoxy) is 2. The van der Waals surface area contributed by atoms with Crippen LogP contribution in [0.5, 0.6) is 0 Å². The first kappa shape index (κ1) is 24.1. The summed E-state index contributed by atoms with van der Waals surface area (Å²) in [6, 6.07) is 9.18. The molecule has 1 heterocycles. The van der Waals surface area contributed by atoms with Crippen LogP contribution in [0.4, 0.5) is 9.93 Å². The first-order valence-corrected chi connectivity index (χ1v) is 10.4. The molecule has 0 fully saturated rings. The Morgan fingerprint density at radius 3 is 2.35 bits per heavy atom. The van der Waals surface area contributed by atoms with Crippen molar-refractivity contribution in [3.63, 3.8) is 0 Å². The lowest BCUT2D eigenvalue weighted by molar-refractivity contribution is -0.152. The highest BCUT2D eigenvalue weighted by Gasteiger charge is 2.30. The number of thiazole rings is 1. The number of anilines is 1. The van der Waals surface area contributed by atoms with Crippen LogP contribution in [0.2, 0.25) is 0 Å². The fraction of sp³-hybridized carbons (Fsp3) is 0.364. The van der Waals surface area contributed by atoms with Gasteiger partial charge in [-0.3, -0.25) is 10.1 Å². The number of benzene rings is 1. The summed E-state index contributed by atoms with van der Waals surface area (Å²) in [7, 11) is 0. The molecule has 0 radical (unpaired) electrons. The molecule has 0 saturated heterocycles. The molecular formula is C22H26N2O6S. The number of carboxylic acid groups (broad SMARTS) is 1. The number of aliphatic carboxylic acids is 1. The molecule has 2 aromatic rings. The van der Waals surface area contributed by atoms with Gasteiger partial charge in [-0.2, -0.15) is 0 Å². The lowest BCUT2D eigenvalue weighted by Gasteiger charge is -2.19. The number of hydrogen-bond donors (Lipinski definition) is 2. The number of hydrogen-bond acceptors (Lipinski definition) is 7. The van der Waals surface area contributed by atoms with Gasteiger partial charge in [0.2, 0.25) is 0 Å². The summed E-state index contributed by atoms with van der Waals surface area (Å²) in [5, 5.41) is 13.8. The molecule has 1 amide bonds. The van der Waals surface area contributed by atoms with Crippen LogP contribution in [0.3, 0.4) is 0 Å². The highest BCUT2D eigenvalue weighted by atomic mass is 32.1. The zero-order chi connectivity index (χ0) is 23.2. The van der Waals surface area contributed by atoms with E-state index in [1.807, 2.05) is 30.3 Å². The molecule has 0 saturated carbocycles. The van der Waals surface area contributed by atoms with Crippen LogP contribution in [0, 0.1) is 5.41 Å². The predicted octanol–water partition coefficient (Wildman–Crippen LogP) is 4.73. The maximum absolute atomic E-state index is 12.6. The van der Waals surface area contributed by atoms with Crippen molar-refractivity contribution in [2.75, 3.05) is 5.32 Å². The summed E-state index contributed by atoms with van der Waals surface area (Å²) < 4.78 is 10.5. The first-order chi connectivity index (χ1) is 14.4. The number of rotatable bonds is 7. The molecular weight excluding hydrogens is 420 g/mol. The van der Waals surface area contributed by atoms with Gasteiger partial charge in [0.05, 0.1) is 16.7 Å². The molecule has 0 bridgehead atoms. The second kappa shape index (κ2) is 9.74. The summed E-state index contributed by atoms with van der Waals surface area (Å²) in [4.78, 5) is 40.4. The Balaban J connectivity index is 2.15. The van der Waals surface area contributed by atoms with E-state index in [1.165, 1.54) is 11.5 Å². The Morgan fingerprint density at radius 2 is 1.77 bits per heavy atom. The number of amides is 1. The fourth-order valence-corrected chi connectivity index (χ4v) is 3.12. The van der Waals surface area contributed by atoms with Gasteiger partial charge in [0, 0.05) is 5.38 Å². The smallest absolute Gasteiger partial charge is 0.413 e.